The lowest BCUT2D eigenvalue weighted by Crippen LogP contribution is -2.43. The van der Waals surface area contributed by atoms with Gasteiger partial charge >= 0.3 is 0 Å². The molecule has 6 nitrogen and oxygen atoms in total. The molecule has 0 saturated carbocycles. The number of hydrogen-bond acceptors (Lipinski definition) is 5. The normalized spacial score (nSPS) is 18.0. The van der Waals surface area contributed by atoms with Crippen LogP contribution in [-0.4, -0.2) is 39.3 Å². The maximum atomic E-state index is 12.2. The molecule has 6 heteroatoms. The van der Waals surface area contributed by atoms with E-state index in [4.69, 9.17) is 19.2 Å². The molecule has 0 amide bonds. The molecule has 0 unspecified atom stereocenters. The van der Waals surface area contributed by atoms with E-state index in [0.717, 1.165) is 22.3 Å². The van der Waals surface area contributed by atoms with Crippen molar-refractivity contribution in [2.24, 2.45) is 0 Å². The maximum Gasteiger partial charge on any atom is 0.163 e. The third-order valence-corrected chi connectivity index (χ3v) is 7.86. The Morgan fingerprint density at radius 2 is 1.33 bits per heavy atom. The first kappa shape index (κ1) is 28.1. The molecule has 1 aliphatic rings. The van der Waals surface area contributed by atoms with Crippen LogP contribution in [0.5, 0.6) is 0 Å². The third-order valence-electron chi connectivity index (χ3n) is 7.86. The number of imidazole rings is 1. The quantitative estimate of drug-likeness (QED) is 0.198. The molecule has 1 aromatic heterocycles. The number of aromatic nitrogens is 2. The first-order chi connectivity index (χ1) is 20.5. The molecule has 1 aliphatic heterocycles. The van der Waals surface area contributed by atoms with Gasteiger partial charge in [0.2, 0.25) is 0 Å². The summed E-state index contributed by atoms with van der Waals surface area (Å²) in [6.45, 7) is 4.36. The van der Waals surface area contributed by atoms with Crippen molar-refractivity contribution >= 4 is 0 Å². The van der Waals surface area contributed by atoms with Gasteiger partial charge in [0.15, 0.2) is 5.79 Å². The van der Waals surface area contributed by atoms with Crippen LogP contribution in [0.15, 0.2) is 134 Å². The third kappa shape index (κ3) is 5.42. The lowest BCUT2D eigenvalue weighted by molar-refractivity contribution is -0.173. The van der Waals surface area contributed by atoms with E-state index in [1.807, 2.05) is 105 Å². The Morgan fingerprint density at radius 3 is 1.81 bits per heavy atom. The molecule has 1 saturated heterocycles. The molecule has 0 radical (unpaired) electrons. The van der Waals surface area contributed by atoms with Crippen molar-refractivity contribution in [3.8, 4) is 0 Å². The molecule has 5 aromatic rings. The summed E-state index contributed by atoms with van der Waals surface area (Å²) in [5.74, 6) is -0.311. The van der Waals surface area contributed by atoms with Crippen LogP contribution < -0.4 is 0 Å². The van der Waals surface area contributed by atoms with Gasteiger partial charge in [-0.25, -0.2) is 4.98 Å². The zero-order valence-electron chi connectivity index (χ0n) is 23.9. The molecular weight excluding hydrogens is 524 g/mol. The first-order valence-electron chi connectivity index (χ1n) is 14.3. The fraction of sp³-hybridized carbons (Fsp3) is 0.250. The van der Waals surface area contributed by atoms with Crippen molar-refractivity contribution in [3.63, 3.8) is 0 Å². The Labute approximate surface area is 247 Å². The largest absolute Gasteiger partial charge is 0.382 e. The summed E-state index contributed by atoms with van der Waals surface area (Å²) in [6.07, 6.45) is 1.32. The molecule has 1 fully saturated rings. The molecule has 6 rings (SSSR count). The second-order valence-electron chi connectivity index (χ2n) is 11.0. The van der Waals surface area contributed by atoms with E-state index in [9.17, 15) is 5.11 Å². The zero-order chi connectivity index (χ0) is 29.0. The summed E-state index contributed by atoms with van der Waals surface area (Å²) in [5.41, 5.74) is 3.29. The van der Waals surface area contributed by atoms with Gasteiger partial charge < -0.3 is 23.9 Å². The van der Waals surface area contributed by atoms with Crippen LogP contribution >= 0.6 is 0 Å². The predicted octanol–water partition coefficient (Wildman–Crippen LogP) is 6.49. The van der Waals surface area contributed by atoms with E-state index in [1.165, 1.54) is 0 Å². The highest BCUT2D eigenvalue weighted by molar-refractivity contribution is 5.51. The number of aliphatic hydroxyl groups excluding tert-OH is 1. The number of hydrogen-bond donors (Lipinski definition) is 1. The predicted molar refractivity (Wildman–Crippen MR) is 162 cm³/mol. The molecule has 42 heavy (non-hydrogen) atoms. The molecule has 214 valence electrons. The van der Waals surface area contributed by atoms with Gasteiger partial charge in [0.25, 0.3) is 0 Å². The summed E-state index contributed by atoms with van der Waals surface area (Å²) >= 11 is 0. The SMILES string of the molecule is CC1(C)OC[C@H]([C@H](OCc2ccccc2)[C@H](O)c2nccn2C(c2ccccc2)(c2ccccc2)c2ccccc2)O1. The van der Waals surface area contributed by atoms with Gasteiger partial charge in [-0.05, 0) is 36.1 Å². The van der Waals surface area contributed by atoms with E-state index in [0.29, 0.717) is 19.0 Å². The highest BCUT2D eigenvalue weighted by atomic mass is 16.7. The van der Waals surface area contributed by atoms with Crippen LogP contribution in [-0.2, 0) is 26.4 Å². The molecule has 0 spiro atoms. The minimum absolute atomic E-state index is 0.297. The minimum atomic E-state index is -1.12. The summed E-state index contributed by atoms with van der Waals surface area (Å²) in [4.78, 5) is 4.78. The van der Waals surface area contributed by atoms with E-state index in [2.05, 4.69) is 41.0 Å². The lowest BCUT2D eigenvalue weighted by atomic mass is 9.76. The van der Waals surface area contributed by atoms with Crippen LogP contribution in [0, 0.1) is 0 Å². The van der Waals surface area contributed by atoms with Crippen molar-refractivity contribution in [1.82, 2.24) is 9.55 Å². The van der Waals surface area contributed by atoms with E-state index < -0.39 is 29.6 Å². The molecular formula is C36H36N2O4. The van der Waals surface area contributed by atoms with Crippen molar-refractivity contribution in [1.29, 1.82) is 0 Å². The second kappa shape index (κ2) is 12.0. The number of benzene rings is 4. The van der Waals surface area contributed by atoms with E-state index in [-0.39, 0.29) is 0 Å². The fourth-order valence-electron chi connectivity index (χ4n) is 5.97. The summed E-state index contributed by atoms with van der Waals surface area (Å²) in [5, 5.41) is 12.2. The van der Waals surface area contributed by atoms with Crippen molar-refractivity contribution in [2.45, 2.75) is 50.1 Å². The Balaban J connectivity index is 1.50. The minimum Gasteiger partial charge on any atom is -0.382 e. The van der Waals surface area contributed by atoms with Gasteiger partial charge in [0.05, 0.1) is 13.2 Å². The van der Waals surface area contributed by atoms with Gasteiger partial charge in [0, 0.05) is 12.4 Å². The number of aliphatic hydroxyl groups is 1. The van der Waals surface area contributed by atoms with Gasteiger partial charge in [-0.3, -0.25) is 0 Å². The second-order valence-corrected chi connectivity index (χ2v) is 11.0. The lowest BCUT2D eigenvalue weighted by Gasteiger charge is -2.40. The summed E-state index contributed by atoms with van der Waals surface area (Å²) in [6, 6.07) is 41.0. The molecule has 1 N–H and O–H groups in total. The van der Waals surface area contributed by atoms with Crippen LogP contribution in [0.1, 0.15) is 48.0 Å². The first-order valence-corrected chi connectivity index (χ1v) is 14.3. The maximum absolute atomic E-state index is 12.2. The molecule has 4 aromatic carbocycles. The Bertz CT molecular complexity index is 1460. The van der Waals surface area contributed by atoms with Crippen LogP contribution in [0.25, 0.3) is 0 Å². The monoisotopic (exact) mass is 560 g/mol. The van der Waals surface area contributed by atoms with Gasteiger partial charge in [-0.1, -0.05) is 121 Å². The summed E-state index contributed by atoms with van der Waals surface area (Å²) in [7, 11) is 0. The van der Waals surface area contributed by atoms with Crippen molar-refractivity contribution in [2.75, 3.05) is 6.61 Å². The Hall–Kier alpha value is -4.07. The smallest absolute Gasteiger partial charge is 0.163 e. The fourth-order valence-corrected chi connectivity index (χ4v) is 5.97. The van der Waals surface area contributed by atoms with Crippen LogP contribution in [0.3, 0.4) is 0 Å². The molecule has 0 bridgehead atoms. The van der Waals surface area contributed by atoms with Crippen molar-refractivity contribution < 1.29 is 19.3 Å². The van der Waals surface area contributed by atoms with Crippen LogP contribution in [0.2, 0.25) is 0 Å². The number of nitrogens with zero attached hydrogens (tertiary/aromatic N) is 2. The van der Waals surface area contributed by atoms with Gasteiger partial charge in [-0.15, -0.1) is 0 Å². The highest BCUT2D eigenvalue weighted by Crippen LogP contribution is 2.43. The average Bonchev–Trinajstić information content (AvgIpc) is 3.66. The van der Waals surface area contributed by atoms with Gasteiger partial charge in [0.1, 0.15) is 29.7 Å². The number of rotatable bonds is 10. The van der Waals surface area contributed by atoms with Gasteiger partial charge in [-0.2, -0.15) is 0 Å². The topological polar surface area (TPSA) is 65.7 Å². The van der Waals surface area contributed by atoms with Crippen molar-refractivity contribution in [3.05, 3.63) is 162 Å². The van der Waals surface area contributed by atoms with E-state index >= 15 is 0 Å². The standard InChI is InChI=1S/C36H36N2O4/c1-35(2)41-26-31(42-35)33(40-25-27-15-7-3-8-16-27)32(39)34-37-23-24-38(34)36(28-17-9-4-10-18-28,29-19-11-5-12-20-29)30-21-13-6-14-22-30/h3-24,31-33,39H,25-26H2,1-2H3/t31-,32+,33+/m1/s1. The Morgan fingerprint density at radius 1 is 0.833 bits per heavy atom. The van der Waals surface area contributed by atoms with Crippen LogP contribution in [0.4, 0.5) is 0 Å². The summed E-state index contributed by atoms with van der Waals surface area (Å²) < 4.78 is 20.7. The average molecular weight is 561 g/mol. The number of ether oxygens (including phenoxy) is 3. The van der Waals surface area contributed by atoms with E-state index in [1.54, 1.807) is 6.20 Å². The highest BCUT2D eigenvalue weighted by Gasteiger charge is 2.45. The Kier molecular flexibility index (Phi) is 8.05. The molecule has 3 atom stereocenters. The molecule has 0 aliphatic carbocycles. The molecule has 2 heterocycles. The zero-order valence-corrected chi connectivity index (χ0v) is 23.9.